The predicted molar refractivity (Wildman–Crippen MR) is 82.3 cm³/mol. The fourth-order valence-electron chi connectivity index (χ4n) is 2.57. The number of benzene rings is 1. The summed E-state index contributed by atoms with van der Waals surface area (Å²) in [4.78, 5) is 13.9. The van der Waals surface area contributed by atoms with Crippen molar-refractivity contribution in [2.24, 2.45) is 0 Å². The second-order valence-corrected chi connectivity index (χ2v) is 6.08. The molecule has 1 aliphatic heterocycles. The Labute approximate surface area is 127 Å². The number of carbonyl (C=O) groups is 1. The molecule has 4 heteroatoms. The normalized spacial score (nSPS) is 21.1. The molecule has 1 aliphatic rings. The van der Waals surface area contributed by atoms with Gasteiger partial charge in [-0.1, -0.05) is 30.3 Å². The zero-order chi connectivity index (χ0) is 15.3. The summed E-state index contributed by atoms with van der Waals surface area (Å²) in [6.07, 6.45) is 1.71. The van der Waals surface area contributed by atoms with Crippen LogP contribution in [-0.4, -0.2) is 42.4 Å². The van der Waals surface area contributed by atoms with Gasteiger partial charge in [-0.3, -0.25) is 4.90 Å². The third-order valence-electron chi connectivity index (χ3n) is 3.88. The number of nitrogens with zero attached hydrogens (tertiary/aromatic N) is 1. The number of aryl methyl sites for hydroxylation is 1. The van der Waals surface area contributed by atoms with Gasteiger partial charge < -0.3 is 9.47 Å². The van der Waals surface area contributed by atoms with E-state index in [0.717, 1.165) is 12.8 Å². The van der Waals surface area contributed by atoms with Gasteiger partial charge in [0, 0.05) is 0 Å². The van der Waals surface area contributed by atoms with Gasteiger partial charge in [0.1, 0.15) is 0 Å². The molecule has 1 atom stereocenters. The molecule has 2 rings (SSSR count). The van der Waals surface area contributed by atoms with Crippen LogP contribution in [0.25, 0.3) is 0 Å². The molecule has 4 nitrogen and oxygen atoms in total. The van der Waals surface area contributed by atoms with Crippen LogP contribution in [-0.2, 0) is 15.9 Å². The molecule has 0 radical (unpaired) electrons. The van der Waals surface area contributed by atoms with E-state index >= 15 is 0 Å². The second kappa shape index (κ2) is 6.94. The highest BCUT2D eigenvalue weighted by Crippen LogP contribution is 2.25. The highest BCUT2D eigenvalue weighted by atomic mass is 16.6. The maximum absolute atomic E-state index is 12.1. The van der Waals surface area contributed by atoms with Gasteiger partial charge in [0.05, 0.1) is 31.4 Å². The minimum absolute atomic E-state index is 0.0719. The van der Waals surface area contributed by atoms with Gasteiger partial charge in [0.2, 0.25) is 0 Å². The number of hydrogen-bond acceptors (Lipinski definition) is 3. The number of ether oxygens (including phenoxy) is 2. The van der Waals surface area contributed by atoms with E-state index in [9.17, 15) is 4.79 Å². The lowest BCUT2D eigenvalue weighted by Gasteiger charge is -2.44. The molecule has 0 aliphatic carbocycles. The third kappa shape index (κ3) is 4.21. The zero-order valence-corrected chi connectivity index (χ0v) is 13.2. The van der Waals surface area contributed by atoms with Crippen molar-refractivity contribution in [1.29, 1.82) is 0 Å². The first-order valence-corrected chi connectivity index (χ1v) is 7.63. The van der Waals surface area contributed by atoms with E-state index in [2.05, 4.69) is 12.1 Å². The van der Waals surface area contributed by atoms with Crippen molar-refractivity contribution in [1.82, 2.24) is 4.90 Å². The van der Waals surface area contributed by atoms with Crippen LogP contribution in [0.3, 0.4) is 0 Å². The van der Waals surface area contributed by atoms with Crippen LogP contribution >= 0.6 is 0 Å². The first-order valence-electron chi connectivity index (χ1n) is 7.63. The van der Waals surface area contributed by atoms with Crippen LogP contribution in [0.5, 0.6) is 0 Å². The van der Waals surface area contributed by atoms with E-state index in [0.29, 0.717) is 19.8 Å². The van der Waals surface area contributed by atoms with Crippen molar-refractivity contribution in [2.45, 2.75) is 45.3 Å². The summed E-state index contributed by atoms with van der Waals surface area (Å²) in [6.45, 7) is 7.40. The van der Waals surface area contributed by atoms with Gasteiger partial charge in [-0.2, -0.15) is 0 Å². The highest BCUT2D eigenvalue weighted by molar-refractivity contribution is 5.68. The first kappa shape index (κ1) is 15.8. The number of hydrogen-bond donors (Lipinski definition) is 0. The summed E-state index contributed by atoms with van der Waals surface area (Å²) in [5.41, 5.74) is 0.990. The number of amides is 1. The summed E-state index contributed by atoms with van der Waals surface area (Å²) in [7, 11) is 0. The molecule has 1 unspecified atom stereocenters. The quantitative estimate of drug-likeness (QED) is 0.854. The summed E-state index contributed by atoms with van der Waals surface area (Å²) in [5.74, 6) is 0. The van der Waals surface area contributed by atoms with E-state index < -0.39 is 0 Å². The molecule has 0 N–H and O–H groups in total. The average Bonchev–Trinajstić information content (AvgIpc) is 2.47. The van der Waals surface area contributed by atoms with Crippen LogP contribution < -0.4 is 0 Å². The number of carbonyl (C=O) groups excluding carboxylic acids is 1. The van der Waals surface area contributed by atoms with Crippen LogP contribution in [0, 0.1) is 0 Å². The Morgan fingerprint density at radius 2 is 2.10 bits per heavy atom. The molecular formula is C17H25NO3. The standard InChI is InChI=1S/C17H25NO3/c1-4-20-16(19)18-12-15(21-13-17(18,2)3)11-10-14-8-6-5-7-9-14/h5-9,15H,4,10-13H2,1-3H3. The fraction of sp³-hybridized carbons (Fsp3) is 0.588. The van der Waals surface area contributed by atoms with Crippen molar-refractivity contribution >= 4 is 6.09 Å². The molecule has 0 aromatic heterocycles. The van der Waals surface area contributed by atoms with Crippen LogP contribution in [0.2, 0.25) is 0 Å². The van der Waals surface area contributed by atoms with Crippen molar-refractivity contribution in [2.75, 3.05) is 19.8 Å². The zero-order valence-electron chi connectivity index (χ0n) is 13.2. The lowest BCUT2D eigenvalue weighted by molar-refractivity contribution is -0.0915. The predicted octanol–water partition coefficient (Wildman–Crippen LogP) is 3.26. The lowest BCUT2D eigenvalue weighted by Crippen LogP contribution is -2.58. The second-order valence-electron chi connectivity index (χ2n) is 6.08. The first-order chi connectivity index (χ1) is 10.0. The van der Waals surface area contributed by atoms with E-state index in [4.69, 9.17) is 9.47 Å². The largest absolute Gasteiger partial charge is 0.450 e. The average molecular weight is 291 g/mol. The van der Waals surface area contributed by atoms with Gasteiger partial charge in [0.25, 0.3) is 0 Å². The maximum Gasteiger partial charge on any atom is 0.410 e. The van der Waals surface area contributed by atoms with Gasteiger partial charge >= 0.3 is 6.09 Å². The molecule has 21 heavy (non-hydrogen) atoms. The molecule has 1 aromatic carbocycles. The van der Waals surface area contributed by atoms with E-state index in [1.165, 1.54) is 5.56 Å². The molecular weight excluding hydrogens is 266 g/mol. The van der Waals surface area contributed by atoms with Crippen molar-refractivity contribution < 1.29 is 14.3 Å². The van der Waals surface area contributed by atoms with Crippen molar-refractivity contribution in [3.63, 3.8) is 0 Å². The molecule has 1 aromatic rings. The Balaban J connectivity index is 1.92. The Morgan fingerprint density at radius 3 is 2.76 bits per heavy atom. The Hall–Kier alpha value is -1.55. The summed E-state index contributed by atoms with van der Waals surface area (Å²) < 4.78 is 11.1. The van der Waals surface area contributed by atoms with Gasteiger partial charge in [-0.15, -0.1) is 0 Å². The van der Waals surface area contributed by atoms with Crippen LogP contribution in [0.1, 0.15) is 32.8 Å². The molecule has 0 spiro atoms. The van der Waals surface area contributed by atoms with Gasteiger partial charge in [-0.05, 0) is 39.2 Å². The lowest BCUT2D eigenvalue weighted by atomic mass is 9.99. The highest BCUT2D eigenvalue weighted by Gasteiger charge is 2.38. The molecule has 1 saturated heterocycles. The molecule has 0 bridgehead atoms. The molecule has 0 saturated carbocycles. The van der Waals surface area contributed by atoms with E-state index in [1.807, 2.05) is 39.0 Å². The van der Waals surface area contributed by atoms with Crippen LogP contribution in [0.15, 0.2) is 30.3 Å². The Bertz CT molecular complexity index is 458. The van der Waals surface area contributed by atoms with E-state index in [1.54, 1.807) is 4.90 Å². The minimum Gasteiger partial charge on any atom is -0.450 e. The van der Waals surface area contributed by atoms with E-state index in [-0.39, 0.29) is 17.7 Å². The topological polar surface area (TPSA) is 38.8 Å². The van der Waals surface area contributed by atoms with Crippen molar-refractivity contribution in [3.8, 4) is 0 Å². The monoisotopic (exact) mass is 291 g/mol. The molecule has 1 heterocycles. The minimum atomic E-state index is -0.310. The molecule has 1 fully saturated rings. The summed E-state index contributed by atoms with van der Waals surface area (Å²) >= 11 is 0. The SMILES string of the molecule is CCOC(=O)N1CC(CCc2ccccc2)OCC1(C)C. The molecule has 116 valence electrons. The smallest absolute Gasteiger partial charge is 0.410 e. The Kier molecular flexibility index (Phi) is 5.23. The third-order valence-corrected chi connectivity index (χ3v) is 3.88. The molecule has 1 amide bonds. The number of morpholine rings is 1. The summed E-state index contributed by atoms with van der Waals surface area (Å²) in [6, 6.07) is 10.4. The summed E-state index contributed by atoms with van der Waals surface area (Å²) in [5, 5.41) is 0. The Morgan fingerprint density at radius 1 is 1.38 bits per heavy atom. The van der Waals surface area contributed by atoms with Gasteiger partial charge in [0.15, 0.2) is 0 Å². The number of rotatable bonds is 4. The van der Waals surface area contributed by atoms with Crippen molar-refractivity contribution in [3.05, 3.63) is 35.9 Å². The fourth-order valence-corrected chi connectivity index (χ4v) is 2.57. The van der Waals surface area contributed by atoms with Gasteiger partial charge in [-0.25, -0.2) is 4.79 Å². The van der Waals surface area contributed by atoms with Crippen LogP contribution in [0.4, 0.5) is 4.79 Å². The maximum atomic E-state index is 12.1.